The highest BCUT2D eigenvalue weighted by Crippen LogP contribution is 2.29. The fraction of sp³-hybridized carbons (Fsp3) is 0.182. The van der Waals surface area contributed by atoms with Crippen LogP contribution in [-0.2, 0) is 0 Å². The summed E-state index contributed by atoms with van der Waals surface area (Å²) in [5, 5.41) is 12.4. The van der Waals surface area contributed by atoms with Gasteiger partial charge in [-0.25, -0.2) is 0 Å². The highest BCUT2D eigenvalue weighted by atomic mass is 79.9. The van der Waals surface area contributed by atoms with Gasteiger partial charge >= 0.3 is 0 Å². The molecule has 5 nitrogen and oxygen atoms in total. The molecule has 0 atom stereocenters. The molecule has 140 valence electrons. The number of aromatic nitrogens is 1. The number of benzene rings is 2. The Bertz CT molecular complexity index is 1090. The van der Waals surface area contributed by atoms with Crippen molar-refractivity contribution in [3.8, 4) is 11.8 Å². The fourth-order valence-electron chi connectivity index (χ4n) is 3.48. The van der Waals surface area contributed by atoms with E-state index >= 15 is 0 Å². The van der Waals surface area contributed by atoms with Crippen LogP contribution in [0.25, 0.3) is 5.69 Å². The van der Waals surface area contributed by atoms with E-state index in [4.69, 9.17) is 5.26 Å². The van der Waals surface area contributed by atoms with Crippen LogP contribution >= 0.6 is 15.9 Å². The van der Waals surface area contributed by atoms with E-state index < -0.39 is 0 Å². The molecule has 1 aliphatic rings. The Kier molecular flexibility index (Phi) is 5.18. The normalized spacial score (nSPS) is 13.4. The Labute approximate surface area is 172 Å². The molecule has 1 saturated heterocycles. The molecule has 0 amide bonds. The number of hydrogen-bond acceptors (Lipinski definition) is 4. The zero-order chi connectivity index (χ0) is 19.5. The first-order chi connectivity index (χ1) is 13.7. The minimum atomic E-state index is -0.117. The SMILES string of the molecule is N#Cc1cccc(Nc2c(N3CCCC3)ccn(-c3ccc(Br)cc3)c2=O)c1. The maximum absolute atomic E-state index is 13.4. The molecule has 1 aliphatic heterocycles. The van der Waals surface area contributed by atoms with Crippen LogP contribution in [0.2, 0.25) is 0 Å². The molecule has 1 fully saturated rings. The van der Waals surface area contributed by atoms with Crippen LogP contribution in [0.3, 0.4) is 0 Å². The average molecular weight is 435 g/mol. The molecule has 4 rings (SSSR count). The summed E-state index contributed by atoms with van der Waals surface area (Å²) in [5.41, 5.74) is 3.40. The van der Waals surface area contributed by atoms with Crippen LogP contribution < -0.4 is 15.8 Å². The lowest BCUT2D eigenvalue weighted by Crippen LogP contribution is -2.26. The topological polar surface area (TPSA) is 61.1 Å². The Morgan fingerprint density at radius 1 is 1.04 bits per heavy atom. The van der Waals surface area contributed by atoms with E-state index in [1.165, 1.54) is 0 Å². The van der Waals surface area contributed by atoms with Crippen molar-refractivity contribution in [3.05, 3.63) is 81.2 Å². The van der Waals surface area contributed by atoms with Crippen LogP contribution in [0.15, 0.2) is 70.1 Å². The predicted molar refractivity (Wildman–Crippen MR) is 116 cm³/mol. The number of nitriles is 1. The van der Waals surface area contributed by atoms with Gasteiger partial charge in [0, 0.05) is 35.1 Å². The van der Waals surface area contributed by atoms with Gasteiger partial charge in [0.15, 0.2) is 0 Å². The summed E-state index contributed by atoms with van der Waals surface area (Å²) in [7, 11) is 0. The second kappa shape index (κ2) is 7.91. The molecular weight excluding hydrogens is 416 g/mol. The lowest BCUT2D eigenvalue weighted by atomic mass is 10.2. The zero-order valence-electron chi connectivity index (χ0n) is 15.2. The first kappa shape index (κ1) is 18.3. The summed E-state index contributed by atoms with van der Waals surface area (Å²) < 4.78 is 2.60. The molecule has 1 N–H and O–H groups in total. The number of rotatable bonds is 4. The van der Waals surface area contributed by atoms with Crippen LogP contribution in [0.1, 0.15) is 18.4 Å². The third-order valence-corrected chi connectivity index (χ3v) is 5.41. The van der Waals surface area contributed by atoms with Crippen molar-refractivity contribution in [2.75, 3.05) is 23.3 Å². The van der Waals surface area contributed by atoms with Gasteiger partial charge in [0.25, 0.3) is 5.56 Å². The summed E-state index contributed by atoms with van der Waals surface area (Å²) >= 11 is 3.43. The zero-order valence-corrected chi connectivity index (χ0v) is 16.8. The summed E-state index contributed by atoms with van der Waals surface area (Å²) in [5.74, 6) is 0. The quantitative estimate of drug-likeness (QED) is 0.639. The molecule has 0 aliphatic carbocycles. The predicted octanol–water partition coefficient (Wildman–Crippen LogP) is 4.82. The van der Waals surface area contributed by atoms with Crippen LogP contribution in [0, 0.1) is 11.3 Å². The van der Waals surface area contributed by atoms with Crippen molar-refractivity contribution in [1.29, 1.82) is 5.26 Å². The van der Waals surface area contributed by atoms with Gasteiger partial charge in [0.2, 0.25) is 0 Å². The van der Waals surface area contributed by atoms with Crippen LogP contribution in [0.5, 0.6) is 0 Å². The molecule has 0 radical (unpaired) electrons. The van der Waals surface area contributed by atoms with E-state index in [0.717, 1.165) is 47.5 Å². The second-order valence-electron chi connectivity index (χ2n) is 6.74. The standard InChI is InChI=1S/C22H19BrN4O/c23-17-6-8-19(9-7-17)27-13-10-20(26-11-1-2-12-26)21(22(27)28)25-18-5-3-4-16(14-18)15-24/h3-10,13-14,25H,1-2,11-12H2. The van der Waals surface area contributed by atoms with Gasteiger partial charge in [-0.1, -0.05) is 22.0 Å². The van der Waals surface area contributed by atoms with Crippen LogP contribution in [0.4, 0.5) is 17.1 Å². The smallest absolute Gasteiger partial charge is 0.280 e. The summed E-state index contributed by atoms with van der Waals surface area (Å²) in [6.45, 7) is 1.88. The molecule has 3 aromatic rings. The molecule has 2 aromatic carbocycles. The molecular formula is C22H19BrN4O. The van der Waals surface area contributed by atoms with Crippen molar-refractivity contribution in [2.24, 2.45) is 0 Å². The summed E-state index contributed by atoms with van der Waals surface area (Å²) in [4.78, 5) is 15.6. The first-order valence-corrected chi connectivity index (χ1v) is 9.99. The molecule has 2 heterocycles. The van der Waals surface area contributed by atoms with Crippen molar-refractivity contribution < 1.29 is 0 Å². The number of anilines is 3. The molecule has 1 aromatic heterocycles. The molecule has 28 heavy (non-hydrogen) atoms. The third kappa shape index (κ3) is 3.67. The maximum Gasteiger partial charge on any atom is 0.280 e. The van der Waals surface area contributed by atoms with Crippen molar-refractivity contribution >= 4 is 33.0 Å². The molecule has 0 bridgehead atoms. The van der Waals surface area contributed by atoms with E-state index in [1.54, 1.807) is 16.7 Å². The van der Waals surface area contributed by atoms with Crippen molar-refractivity contribution in [2.45, 2.75) is 12.8 Å². The van der Waals surface area contributed by atoms with Gasteiger partial charge in [-0.15, -0.1) is 0 Å². The van der Waals surface area contributed by atoms with Crippen LogP contribution in [-0.4, -0.2) is 17.7 Å². The van der Waals surface area contributed by atoms with Crippen molar-refractivity contribution in [3.63, 3.8) is 0 Å². The first-order valence-electron chi connectivity index (χ1n) is 9.19. The minimum Gasteiger partial charge on any atom is -0.370 e. The Morgan fingerprint density at radius 2 is 1.79 bits per heavy atom. The van der Waals surface area contributed by atoms with E-state index in [2.05, 4.69) is 32.2 Å². The van der Waals surface area contributed by atoms with Gasteiger partial charge in [-0.2, -0.15) is 5.26 Å². The average Bonchev–Trinajstić information content (AvgIpc) is 3.25. The van der Waals surface area contributed by atoms with Gasteiger partial charge in [-0.3, -0.25) is 9.36 Å². The number of pyridine rings is 1. The highest BCUT2D eigenvalue weighted by molar-refractivity contribution is 9.10. The molecule has 0 spiro atoms. The summed E-state index contributed by atoms with van der Waals surface area (Å²) in [6.07, 6.45) is 4.08. The van der Waals surface area contributed by atoms with Gasteiger partial charge in [0.05, 0.1) is 17.3 Å². The minimum absolute atomic E-state index is 0.117. The fourth-order valence-corrected chi connectivity index (χ4v) is 3.75. The van der Waals surface area contributed by atoms with Gasteiger partial charge < -0.3 is 10.2 Å². The highest BCUT2D eigenvalue weighted by Gasteiger charge is 2.20. The Morgan fingerprint density at radius 3 is 2.50 bits per heavy atom. The van der Waals surface area contributed by atoms with E-state index in [9.17, 15) is 4.79 Å². The molecule has 0 saturated carbocycles. The molecule has 0 unspecified atom stereocenters. The van der Waals surface area contributed by atoms with Gasteiger partial charge in [0.1, 0.15) is 5.69 Å². The third-order valence-electron chi connectivity index (χ3n) is 4.88. The number of halogens is 1. The second-order valence-corrected chi connectivity index (χ2v) is 7.65. The number of nitrogens with zero attached hydrogens (tertiary/aromatic N) is 3. The van der Waals surface area contributed by atoms with E-state index in [-0.39, 0.29) is 5.56 Å². The van der Waals surface area contributed by atoms with E-state index in [0.29, 0.717) is 11.3 Å². The Hall–Kier alpha value is -3.04. The monoisotopic (exact) mass is 434 g/mol. The maximum atomic E-state index is 13.4. The lowest BCUT2D eigenvalue weighted by Gasteiger charge is -2.23. The largest absolute Gasteiger partial charge is 0.370 e. The lowest BCUT2D eigenvalue weighted by molar-refractivity contribution is 0.939. The molecule has 6 heteroatoms. The number of nitrogens with one attached hydrogen (secondary N) is 1. The van der Waals surface area contributed by atoms with Gasteiger partial charge in [-0.05, 0) is 61.4 Å². The van der Waals surface area contributed by atoms with E-state index in [1.807, 2.05) is 48.7 Å². The summed E-state index contributed by atoms with van der Waals surface area (Å²) in [6, 6.07) is 19.0. The number of hydrogen-bond donors (Lipinski definition) is 1. The van der Waals surface area contributed by atoms with Crippen molar-refractivity contribution in [1.82, 2.24) is 4.57 Å². The Balaban J connectivity index is 1.82.